The highest BCUT2D eigenvalue weighted by Gasteiger charge is 2.35. The van der Waals surface area contributed by atoms with Gasteiger partial charge in [0.15, 0.2) is 5.76 Å². The van der Waals surface area contributed by atoms with Crippen LogP contribution < -0.4 is 14.2 Å². The van der Waals surface area contributed by atoms with Crippen molar-refractivity contribution < 1.29 is 19.0 Å². The average Bonchev–Trinajstić information content (AvgIpc) is 3.15. The number of ether oxygens (including phenoxy) is 3. The number of carbonyl (C=O) groups is 1. The first kappa shape index (κ1) is 21.3. The van der Waals surface area contributed by atoms with E-state index in [-0.39, 0.29) is 5.78 Å². The molecule has 2 heterocycles. The molecule has 0 N–H and O–H groups in total. The highest BCUT2D eigenvalue weighted by Crippen LogP contribution is 2.44. The van der Waals surface area contributed by atoms with Gasteiger partial charge < -0.3 is 14.2 Å². The van der Waals surface area contributed by atoms with Gasteiger partial charge in [-0.05, 0) is 61.2 Å². The second-order valence-corrected chi connectivity index (χ2v) is 8.65. The summed E-state index contributed by atoms with van der Waals surface area (Å²) in [5.41, 5.74) is 5.81. The van der Waals surface area contributed by atoms with Gasteiger partial charge in [0.25, 0.3) is 0 Å². The number of ketones is 1. The van der Waals surface area contributed by atoms with Crippen molar-refractivity contribution in [1.29, 1.82) is 0 Å². The Morgan fingerprint density at radius 3 is 2.67 bits per heavy atom. The van der Waals surface area contributed by atoms with Gasteiger partial charge in [0.1, 0.15) is 24.0 Å². The number of allylic oxidation sites excluding steroid dienone is 1. The first-order chi connectivity index (χ1) is 16.0. The number of Topliss-reactive ketones (excluding diaryl/α,β-unsaturated/α-hetero) is 1. The fourth-order valence-corrected chi connectivity index (χ4v) is 4.41. The number of carbonyl (C=O) groups excluding carboxylic acids is 1. The van der Waals surface area contributed by atoms with Crippen LogP contribution in [0.1, 0.15) is 38.2 Å². The van der Waals surface area contributed by atoms with Crippen LogP contribution >= 0.6 is 0 Å². The average molecular weight is 442 g/mol. The van der Waals surface area contributed by atoms with E-state index in [1.54, 1.807) is 7.11 Å². The van der Waals surface area contributed by atoms with E-state index in [0.29, 0.717) is 30.3 Å². The molecule has 5 rings (SSSR count). The Labute approximate surface area is 194 Å². The second kappa shape index (κ2) is 8.75. The molecule has 168 valence electrons. The smallest absolute Gasteiger partial charge is 0.232 e. The molecular formula is C28H27NO4. The lowest BCUT2D eigenvalue weighted by Crippen LogP contribution is -2.33. The molecule has 0 saturated carbocycles. The van der Waals surface area contributed by atoms with Crippen molar-refractivity contribution in [2.24, 2.45) is 0 Å². The van der Waals surface area contributed by atoms with Gasteiger partial charge in [0.2, 0.25) is 5.78 Å². The molecule has 5 nitrogen and oxygen atoms in total. The summed E-state index contributed by atoms with van der Waals surface area (Å²) < 4.78 is 17.5. The minimum Gasteiger partial charge on any atom is -0.497 e. The summed E-state index contributed by atoms with van der Waals surface area (Å²) in [4.78, 5) is 15.4. The van der Waals surface area contributed by atoms with Gasteiger partial charge >= 0.3 is 0 Å². The molecule has 0 fully saturated rings. The van der Waals surface area contributed by atoms with E-state index in [9.17, 15) is 4.79 Å². The molecule has 0 atom stereocenters. The van der Waals surface area contributed by atoms with E-state index in [0.717, 1.165) is 46.7 Å². The summed E-state index contributed by atoms with van der Waals surface area (Å²) in [5.74, 6) is 2.60. The first-order valence-electron chi connectivity index (χ1n) is 11.2. The summed E-state index contributed by atoms with van der Waals surface area (Å²) in [6.07, 6.45) is 2.72. The predicted octanol–water partition coefficient (Wildman–Crippen LogP) is 5.32. The standard InChI is InChI=1S/C28H27NO4/c1-18-5-4-6-21(13-18)15-25-27(30)26-19(2)14-24-23(28(26)33-25)16-29(17-32-24)12-11-20-7-9-22(31-3)10-8-20/h4-10,13-15H,11-12,16-17H2,1-3H3/b25-15+. The molecule has 3 aromatic carbocycles. The number of rotatable bonds is 5. The topological polar surface area (TPSA) is 48.0 Å². The number of hydrogen-bond donors (Lipinski definition) is 0. The van der Waals surface area contributed by atoms with E-state index in [1.165, 1.54) is 5.56 Å². The highest BCUT2D eigenvalue weighted by atomic mass is 16.5. The fourth-order valence-electron chi connectivity index (χ4n) is 4.41. The van der Waals surface area contributed by atoms with E-state index in [1.807, 2.05) is 62.4 Å². The van der Waals surface area contributed by atoms with Crippen LogP contribution in [0.3, 0.4) is 0 Å². The molecule has 0 saturated heterocycles. The molecule has 0 aromatic heterocycles. The molecule has 0 aliphatic carbocycles. The summed E-state index contributed by atoms with van der Waals surface area (Å²) in [6, 6.07) is 18.1. The highest BCUT2D eigenvalue weighted by molar-refractivity contribution is 6.15. The van der Waals surface area contributed by atoms with Crippen molar-refractivity contribution in [3.63, 3.8) is 0 Å². The third-order valence-corrected chi connectivity index (χ3v) is 6.20. The van der Waals surface area contributed by atoms with E-state index >= 15 is 0 Å². The molecule has 0 radical (unpaired) electrons. The lowest BCUT2D eigenvalue weighted by atomic mass is 9.98. The van der Waals surface area contributed by atoms with Gasteiger partial charge in [-0.3, -0.25) is 9.69 Å². The predicted molar refractivity (Wildman–Crippen MR) is 128 cm³/mol. The Kier molecular flexibility index (Phi) is 5.65. The monoisotopic (exact) mass is 441 g/mol. The largest absolute Gasteiger partial charge is 0.497 e. The first-order valence-corrected chi connectivity index (χ1v) is 11.2. The SMILES string of the molecule is COc1ccc(CCN2COc3cc(C)c4c(c3C2)O/C(=C/c2cccc(C)c2)C4=O)cc1. The Hall–Kier alpha value is -3.57. The zero-order chi connectivity index (χ0) is 22.9. The van der Waals surface area contributed by atoms with Crippen molar-refractivity contribution in [3.8, 4) is 17.2 Å². The van der Waals surface area contributed by atoms with Gasteiger partial charge in [-0.15, -0.1) is 0 Å². The van der Waals surface area contributed by atoms with E-state index < -0.39 is 0 Å². The minimum absolute atomic E-state index is 0.0674. The molecule has 2 aliphatic heterocycles. The lowest BCUT2D eigenvalue weighted by Gasteiger charge is -2.30. The lowest BCUT2D eigenvalue weighted by molar-refractivity contribution is 0.0949. The van der Waals surface area contributed by atoms with Gasteiger partial charge in [0, 0.05) is 13.1 Å². The van der Waals surface area contributed by atoms with Crippen molar-refractivity contribution >= 4 is 11.9 Å². The maximum absolute atomic E-state index is 13.2. The molecule has 0 unspecified atom stereocenters. The molecular weight excluding hydrogens is 414 g/mol. The van der Waals surface area contributed by atoms with Crippen LogP contribution in [-0.2, 0) is 13.0 Å². The van der Waals surface area contributed by atoms with Crippen molar-refractivity contribution in [2.75, 3.05) is 20.4 Å². The summed E-state index contributed by atoms with van der Waals surface area (Å²) in [7, 11) is 1.67. The third-order valence-electron chi connectivity index (χ3n) is 6.20. The number of nitrogens with zero attached hydrogens (tertiary/aromatic N) is 1. The molecule has 0 amide bonds. The number of aryl methyl sites for hydroxylation is 2. The number of fused-ring (bicyclic) bond motifs is 3. The molecule has 3 aromatic rings. The van der Waals surface area contributed by atoms with Crippen LogP contribution in [0.4, 0.5) is 0 Å². The van der Waals surface area contributed by atoms with Crippen molar-refractivity contribution in [1.82, 2.24) is 4.90 Å². The van der Waals surface area contributed by atoms with E-state index in [4.69, 9.17) is 14.2 Å². The fraction of sp³-hybridized carbons (Fsp3) is 0.250. The zero-order valence-corrected chi connectivity index (χ0v) is 19.2. The number of methoxy groups -OCH3 is 1. The van der Waals surface area contributed by atoms with Crippen LogP contribution in [0.15, 0.2) is 60.4 Å². The Morgan fingerprint density at radius 2 is 1.91 bits per heavy atom. The summed E-state index contributed by atoms with van der Waals surface area (Å²) in [5, 5.41) is 0. The van der Waals surface area contributed by atoms with Crippen LogP contribution in [0.25, 0.3) is 6.08 Å². The van der Waals surface area contributed by atoms with Crippen LogP contribution in [0, 0.1) is 13.8 Å². The van der Waals surface area contributed by atoms with Crippen molar-refractivity contribution in [3.05, 3.63) is 93.7 Å². The number of hydrogen-bond acceptors (Lipinski definition) is 5. The third kappa shape index (κ3) is 4.24. The van der Waals surface area contributed by atoms with E-state index in [2.05, 4.69) is 17.0 Å². The second-order valence-electron chi connectivity index (χ2n) is 8.65. The molecule has 33 heavy (non-hydrogen) atoms. The maximum Gasteiger partial charge on any atom is 0.232 e. The van der Waals surface area contributed by atoms with Crippen LogP contribution in [0.5, 0.6) is 17.2 Å². The van der Waals surface area contributed by atoms with Gasteiger partial charge in [-0.2, -0.15) is 0 Å². The van der Waals surface area contributed by atoms with Gasteiger partial charge in [-0.25, -0.2) is 0 Å². The molecule has 0 bridgehead atoms. The van der Waals surface area contributed by atoms with Gasteiger partial charge in [-0.1, -0.05) is 42.0 Å². The minimum atomic E-state index is -0.0674. The Morgan fingerprint density at radius 1 is 1.09 bits per heavy atom. The Balaban J connectivity index is 1.37. The van der Waals surface area contributed by atoms with Crippen LogP contribution in [0.2, 0.25) is 0 Å². The normalized spacial score (nSPS) is 16.2. The molecule has 2 aliphatic rings. The Bertz CT molecular complexity index is 1240. The molecule has 0 spiro atoms. The van der Waals surface area contributed by atoms with Gasteiger partial charge in [0.05, 0.1) is 18.2 Å². The summed E-state index contributed by atoms with van der Waals surface area (Å²) >= 11 is 0. The van der Waals surface area contributed by atoms with Crippen LogP contribution in [-0.4, -0.2) is 31.1 Å². The van der Waals surface area contributed by atoms with Crippen molar-refractivity contribution in [2.45, 2.75) is 26.8 Å². The quantitative estimate of drug-likeness (QED) is 0.502. The zero-order valence-electron chi connectivity index (χ0n) is 19.2. The molecule has 5 heteroatoms. The number of benzene rings is 3. The summed E-state index contributed by atoms with van der Waals surface area (Å²) in [6.45, 7) is 6.01. The maximum atomic E-state index is 13.2.